The molecule has 9 heteroatoms. The zero-order valence-corrected chi connectivity index (χ0v) is 18.9. The highest BCUT2D eigenvalue weighted by Gasteiger charge is 2.33. The normalized spacial score (nSPS) is 18.3. The highest BCUT2D eigenvalue weighted by Crippen LogP contribution is 2.29. The fraction of sp³-hybridized carbons (Fsp3) is 0.304. The Hall–Kier alpha value is -2.84. The van der Waals surface area contributed by atoms with Gasteiger partial charge in [0.1, 0.15) is 5.25 Å². The van der Waals surface area contributed by atoms with Crippen LogP contribution in [0.3, 0.4) is 0 Å². The number of amides is 3. The van der Waals surface area contributed by atoms with Crippen molar-refractivity contribution in [2.45, 2.75) is 30.9 Å². The Morgan fingerprint density at radius 3 is 2.53 bits per heavy atom. The molecule has 2 aliphatic heterocycles. The van der Waals surface area contributed by atoms with Crippen LogP contribution in [0.4, 0.5) is 11.4 Å². The lowest BCUT2D eigenvalue weighted by molar-refractivity contribution is -0.121. The van der Waals surface area contributed by atoms with Gasteiger partial charge < -0.3 is 15.5 Å². The van der Waals surface area contributed by atoms with Gasteiger partial charge >= 0.3 is 0 Å². The van der Waals surface area contributed by atoms with E-state index in [4.69, 9.17) is 11.6 Å². The molecule has 0 saturated carbocycles. The lowest BCUT2D eigenvalue weighted by atomic mass is 10.1. The Morgan fingerprint density at radius 2 is 1.78 bits per heavy atom. The summed E-state index contributed by atoms with van der Waals surface area (Å²) in [7, 11) is 0. The first-order chi connectivity index (χ1) is 15.5. The van der Waals surface area contributed by atoms with Crippen LogP contribution in [0.25, 0.3) is 0 Å². The molecule has 2 N–H and O–H groups in total. The topological polar surface area (TPSA) is 90.9 Å². The first-order valence-electron chi connectivity index (χ1n) is 10.5. The number of likely N-dealkylation sites (tertiary alicyclic amines) is 1. The minimum absolute atomic E-state index is 0.0333. The number of halogens is 1. The third-order valence-corrected chi connectivity index (χ3v) is 6.70. The molecule has 1 atom stereocenters. The van der Waals surface area contributed by atoms with E-state index in [9.17, 15) is 14.4 Å². The summed E-state index contributed by atoms with van der Waals surface area (Å²) < 4.78 is 0. The van der Waals surface area contributed by atoms with Gasteiger partial charge in [-0.05, 0) is 61.7 Å². The van der Waals surface area contributed by atoms with Crippen molar-refractivity contribution < 1.29 is 14.4 Å². The van der Waals surface area contributed by atoms with Gasteiger partial charge in [-0.2, -0.15) is 4.99 Å². The molecule has 0 aliphatic carbocycles. The highest BCUT2D eigenvalue weighted by molar-refractivity contribution is 8.15. The van der Waals surface area contributed by atoms with Crippen LogP contribution in [0.1, 0.15) is 36.0 Å². The van der Waals surface area contributed by atoms with E-state index in [2.05, 4.69) is 20.5 Å². The number of carbonyl (C=O) groups excluding carboxylic acids is 3. The van der Waals surface area contributed by atoms with E-state index >= 15 is 0 Å². The third-order valence-electron chi connectivity index (χ3n) is 5.24. The van der Waals surface area contributed by atoms with Crippen molar-refractivity contribution in [3.05, 3.63) is 59.1 Å². The number of benzene rings is 2. The number of hydrogen-bond acceptors (Lipinski definition) is 5. The number of nitrogens with zero attached hydrogens (tertiary/aromatic N) is 2. The first kappa shape index (κ1) is 22.4. The number of anilines is 2. The number of carbonyl (C=O) groups is 3. The van der Waals surface area contributed by atoms with E-state index in [0.29, 0.717) is 22.0 Å². The van der Waals surface area contributed by atoms with Crippen molar-refractivity contribution in [1.82, 2.24) is 4.90 Å². The first-order valence-corrected chi connectivity index (χ1v) is 11.7. The summed E-state index contributed by atoms with van der Waals surface area (Å²) >= 11 is 7.23. The van der Waals surface area contributed by atoms with Crippen molar-refractivity contribution in [2.24, 2.45) is 4.99 Å². The van der Waals surface area contributed by atoms with Crippen molar-refractivity contribution in [1.29, 1.82) is 0 Å². The third kappa shape index (κ3) is 5.69. The van der Waals surface area contributed by atoms with Crippen LogP contribution < -0.4 is 10.6 Å². The number of aliphatic imine (C=N–C) groups is 1. The predicted octanol–water partition coefficient (Wildman–Crippen LogP) is 4.40. The number of amidine groups is 1. The summed E-state index contributed by atoms with van der Waals surface area (Å²) in [6.45, 7) is 1.81. The van der Waals surface area contributed by atoms with E-state index in [0.717, 1.165) is 31.1 Å². The van der Waals surface area contributed by atoms with Crippen molar-refractivity contribution in [3.8, 4) is 0 Å². The summed E-state index contributed by atoms with van der Waals surface area (Å²) in [5.41, 5.74) is 1.52. The molecule has 0 radical (unpaired) electrons. The number of rotatable bonds is 5. The van der Waals surface area contributed by atoms with Gasteiger partial charge in [-0.15, -0.1) is 0 Å². The lowest BCUT2D eigenvalue weighted by Gasteiger charge is -2.27. The second kappa shape index (κ2) is 10.2. The molecule has 1 fully saturated rings. The molecule has 2 heterocycles. The Morgan fingerprint density at radius 1 is 1.03 bits per heavy atom. The molecule has 4 rings (SSSR count). The molecule has 7 nitrogen and oxygen atoms in total. The van der Waals surface area contributed by atoms with Gasteiger partial charge in [-0.25, -0.2) is 0 Å². The summed E-state index contributed by atoms with van der Waals surface area (Å²) in [5, 5.41) is 6.37. The molecule has 0 bridgehead atoms. The number of nitrogens with one attached hydrogen (secondary N) is 2. The molecule has 2 aliphatic rings. The van der Waals surface area contributed by atoms with E-state index in [1.165, 1.54) is 18.2 Å². The fourth-order valence-corrected chi connectivity index (χ4v) is 4.83. The van der Waals surface area contributed by atoms with Gasteiger partial charge in [-0.3, -0.25) is 14.4 Å². The number of thioether (sulfide) groups is 1. The predicted molar refractivity (Wildman–Crippen MR) is 128 cm³/mol. The molecular formula is C23H23ClN4O3S. The maximum absolute atomic E-state index is 12.5. The van der Waals surface area contributed by atoms with Gasteiger partial charge in [-0.1, -0.05) is 29.4 Å². The van der Waals surface area contributed by atoms with Crippen LogP contribution in [0.15, 0.2) is 53.5 Å². The molecule has 0 spiro atoms. The Labute approximate surface area is 195 Å². The fourth-order valence-electron chi connectivity index (χ4n) is 3.58. The zero-order valence-electron chi connectivity index (χ0n) is 17.3. The molecule has 166 valence electrons. The smallest absolute Gasteiger partial charge is 0.262 e. The molecule has 3 amide bonds. The molecular weight excluding hydrogens is 448 g/mol. The summed E-state index contributed by atoms with van der Waals surface area (Å²) in [5.74, 6) is -0.854. The molecule has 1 saturated heterocycles. The van der Waals surface area contributed by atoms with Gasteiger partial charge in [0, 0.05) is 41.5 Å². The van der Waals surface area contributed by atoms with Crippen LogP contribution in [-0.4, -0.2) is 46.1 Å². The SMILES string of the molecule is O=C(CC1SC(N2CCCCC2)=NC1=O)Nc1cccc(C(=O)Nc2ccc(Cl)cc2)c1. The molecule has 1 unspecified atom stereocenters. The van der Waals surface area contributed by atoms with E-state index in [-0.39, 0.29) is 24.1 Å². The van der Waals surface area contributed by atoms with E-state index < -0.39 is 5.25 Å². The standard InChI is InChI=1S/C23H23ClN4O3S/c24-16-7-9-17(10-8-16)26-21(30)15-5-4-6-18(13-15)25-20(29)14-19-22(31)27-23(32-19)28-11-2-1-3-12-28/h4-10,13,19H,1-3,11-12,14H2,(H,25,29)(H,26,30). The highest BCUT2D eigenvalue weighted by atomic mass is 35.5. The monoisotopic (exact) mass is 470 g/mol. The zero-order chi connectivity index (χ0) is 22.5. The van der Waals surface area contributed by atoms with Gasteiger partial charge in [0.25, 0.3) is 11.8 Å². The summed E-state index contributed by atoms with van der Waals surface area (Å²) in [4.78, 5) is 43.6. The van der Waals surface area contributed by atoms with Gasteiger partial charge in [0.05, 0.1) is 0 Å². The molecule has 32 heavy (non-hydrogen) atoms. The van der Waals surface area contributed by atoms with Crippen LogP contribution in [0.2, 0.25) is 5.02 Å². The minimum atomic E-state index is -0.511. The quantitative estimate of drug-likeness (QED) is 0.675. The van der Waals surface area contributed by atoms with E-state index in [1.54, 1.807) is 48.5 Å². The van der Waals surface area contributed by atoms with Crippen molar-refractivity contribution >= 4 is 57.6 Å². The molecule has 2 aromatic rings. The van der Waals surface area contributed by atoms with Crippen LogP contribution in [0.5, 0.6) is 0 Å². The molecule has 0 aromatic heterocycles. The lowest BCUT2D eigenvalue weighted by Crippen LogP contribution is -2.33. The van der Waals surface area contributed by atoms with E-state index in [1.807, 2.05) is 0 Å². The summed E-state index contributed by atoms with van der Waals surface area (Å²) in [6, 6.07) is 13.5. The van der Waals surface area contributed by atoms with Crippen LogP contribution in [0, 0.1) is 0 Å². The average Bonchev–Trinajstić information content (AvgIpc) is 3.16. The number of hydrogen-bond donors (Lipinski definition) is 2. The Balaban J connectivity index is 1.32. The largest absolute Gasteiger partial charge is 0.351 e. The average molecular weight is 471 g/mol. The Bertz CT molecular complexity index is 1050. The maximum Gasteiger partial charge on any atom is 0.262 e. The van der Waals surface area contributed by atoms with Crippen molar-refractivity contribution in [3.63, 3.8) is 0 Å². The Kier molecular flexibility index (Phi) is 7.12. The van der Waals surface area contributed by atoms with Gasteiger partial charge in [0.15, 0.2) is 5.17 Å². The second-order valence-corrected chi connectivity index (χ2v) is 9.29. The second-order valence-electron chi connectivity index (χ2n) is 7.68. The number of piperidine rings is 1. The summed E-state index contributed by atoms with van der Waals surface area (Å²) in [6.07, 6.45) is 3.43. The van der Waals surface area contributed by atoms with Crippen LogP contribution in [-0.2, 0) is 9.59 Å². The molecule has 2 aromatic carbocycles. The van der Waals surface area contributed by atoms with Crippen molar-refractivity contribution in [2.75, 3.05) is 23.7 Å². The minimum Gasteiger partial charge on any atom is -0.351 e. The van der Waals surface area contributed by atoms with Gasteiger partial charge in [0.2, 0.25) is 5.91 Å². The van der Waals surface area contributed by atoms with Crippen LogP contribution >= 0.6 is 23.4 Å². The maximum atomic E-state index is 12.5.